The van der Waals surface area contributed by atoms with Crippen LogP contribution in [0.2, 0.25) is 0 Å². The van der Waals surface area contributed by atoms with Gasteiger partial charge in [-0.15, -0.1) is 0 Å². The van der Waals surface area contributed by atoms with Crippen molar-refractivity contribution in [2.75, 3.05) is 20.3 Å². The number of ether oxygens (including phenoxy) is 1. The van der Waals surface area contributed by atoms with E-state index in [1.54, 1.807) is 13.5 Å². The van der Waals surface area contributed by atoms with Gasteiger partial charge in [0.05, 0.1) is 12.3 Å². The summed E-state index contributed by atoms with van der Waals surface area (Å²) >= 11 is 0. The largest absolute Gasteiger partial charge is 0.448 e. The molecule has 2 aliphatic rings. The minimum atomic E-state index is 0.661. The van der Waals surface area contributed by atoms with Crippen LogP contribution in [0, 0.1) is 11.8 Å². The van der Waals surface area contributed by atoms with Crippen molar-refractivity contribution >= 4 is 0 Å². The number of aromatic nitrogens is 1. The third kappa shape index (κ3) is 2.31. The molecule has 2 fully saturated rings. The molecule has 1 heterocycles. The average Bonchev–Trinajstić information content (AvgIpc) is 2.95. The minimum absolute atomic E-state index is 0.661. The van der Waals surface area contributed by atoms with Gasteiger partial charge in [0, 0.05) is 26.1 Å². The van der Waals surface area contributed by atoms with Crippen molar-refractivity contribution in [2.45, 2.75) is 38.1 Å². The Kier molecular flexibility index (Phi) is 3.66. The zero-order valence-electron chi connectivity index (χ0n) is 11.0. The van der Waals surface area contributed by atoms with E-state index in [4.69, 9.17) is 9.15 Å². The zero-order chi connectivity index (χ0) is 12.4. The van der Waals surface area contributed by atoms with Gasteiger partial charge < -0.3 is 14.5 Å². The summed E-state index contributed by atoms with van der Waals surface area (Å²) in [5, 5.41) is 3.35. The van der Waals surface area contributed by atoms with Crippen molar-refractivity contribution < 1.29 is 9.15 Å². The van der Waals surface area contributed by atoms with Crippen molar-refractivity contribution in [1.82, 2.24) is 10.3 Å². The first-order valence-corrected chi connectivity index (χ1v) is 7.03. The molecule has 0 aliphatic heterocycles. The number of methoxy groups -OCH3 is 1. The molecular formula is C14H22N2O2. The van der Waals surface area contributed by atoms with Gasteiger partial charge in [-0.2, -0.15) is 0 Å². The summed E-state index contributed by atoms with van der Waals surface area (Å²) in [6.07, 6.45) is 7.16. The molecule has 2 aliphatic carbocycles. The van der Waals surface area contributed by atoms with Crippen LogP contribution in [-0.4, -0.2) is 25.2 Å². The summed E-state index contributed by atoms with van der Waals surface area (Å²) in [7, 11) is 1.72. The normalized spacial score (nSPS) is 30.2. The van der Waals surface area contributed by atoms with E-state index in [1.165, 1.54) is 25.7 Å². The number of nitrogens with zero attached hydrogens (tertiary/aromatic N) is 1. The first-order valence-electron chi connectivity index (χ1n) is 7.03. The SMILES string of the molecule is COCCNCc1ncoc1C1C2CCCCC21. The van der Waals surface area contributed by atoms with Crippen molar-refractivity contribution in [3.8, 4) is 0 Å². The fourth-order valence-corrected chi connectivity index (χ4v) is 3.44. The predicted octanol–water partition coefficient (Wildman–Crippen LogP) is 2.31. The lowest BCUT2D eigenvalue weighted by Crippen LogP contribution is -2.19. The molecule has 1 aromatic rings. The van der Waals surface area contributed by atoms with Crippen molar-refractivity contribution in [1.29, 1.82) is 0 Å². The van der Waals surface area contributed by atoms with E-state index in [2.05, 4.69) is 10.3 Å². The Hall–Kier alpha value is -0.870. The number of hydrogen-bond donors (Lipinski definition) is 1. The van der Waals surface area contributed by atoms with Gasteiger partial charge in [0.25, 0.3) is 0 Å². The minimum Gasteiger partial charge on any atom is -0.448 e. The number of hydrogen-bond acceptors (Lipinski definition) is 4. The third-order valence-corrected chi connectivity index (χ3v) is 4.41. The average molecular weight is 250 g/mol. The number of rotatable bonds is 6. The second kappa shape index (κ2) is 5.41. The highest BCUT2D eigenvalue weighted by Crippen LogP contribution is 2.61. The van der Waals surface area contributed by atoms with E-state index in [0.29, 0.717) is 5.92 Å². The maximum absolute atomic E-state index is 5.66. The maximum atomic E-state index is 5.66. The van der Waals surface area contributed by atoms with Gasteiger partial charge in [0.2, 0.25) is 0 Å². The van der Waals surface area contributed by atoms with E-state index in [9.17, 15) is 0 Å². The second-order valence-electron chi connectivity index (χ2n) is 5.47. The fraction of sp³-hybridized carbons (Fsp3) is 0.786. The van der Waals surface area contributed by atoms with E-state index >= 15 is 0 Å². The Bertz CT molecular complexity index is 379. The topological polar surface area (TPSA) is 47.3 Å². The van der Waals surface area contributed by atoms with Gasteiger partial charge in [-0.05, 0) is 24.7 Å². The van der Waals surface area contributed by atoms with Crippen molar-refractivity contribution in [2.24, 2.45) is 11.8 Å². The van der Waals surface area contributed by atoms with E-state index in [0.717, 1.165) is 43.0 Å². The molecule has 1 aromatic heterocycles. The highest BCUT2D eigenvalue weighted by atomic mass is 16.5. The molecule has 4 nitrogen and oxygen atoms in total. The van der Waals surface area contributed by atoms with Gasteiger partial charge in [0.15, 0.2) is 6.39 Å². The molecule has 0 amide bonds. The number of fused-ring (bicyclic) bond motifs is 1. The lowest BCUT2D eigenvalue weighted by Gasteiger charge is -2.04. The summed E-state index contributed by atoms with van der Waals surface area (Å²) < 4.78 is 10.7. The molecule has 3 rings (SSSR count). The highest BCUT2D eigenvalue weighted by molar-refractivity contribution is 5.24. The van der Waals surface area contributed by atoms with Crippen molar-refractivity contribution in [3.05, 3.63) is 17.8 Å². The van der Waals surface area contributed by atoms with Crippen LogP contribution in [0.25, 0.3) is 0 Å². The van der Waals surface area contributed by atoms with Gasteiger partial charge in [0.1, 0.15) is 5.76 Å². The Labute approximate surface area is 108 Å². The zero-order valence-corrected chi connectivity index (χ0v) is 11.0. The third-order valence-electron chi connectivity index (χ3n) is 4.41. The van der Waals surface area contributed by atoms with Crippen LogP contribution in [0.1, 0.15) is 43.1 Å². The van der Waals surface area contributed by atoms with Crippen LogP contribution in [0.4, 0.5) is 0 Å². The summed E-state index contributed by atoms with van der Waals surface area (Å²) in [5.41, 5.74) is 1.10. The monoisotopic (exact) mass is 250 g/mol. The molecule has 0 saturated heterocycles. The predicted molar refractivity (Wildman–Crippen MR) is 68.3 cm³/mol. The highest BCUT2D eigenvalue weighted by Gasteiger charge is 2.53. The van der Waals surface area contributed by atoms with Crippen LogP contribution >= 0.6 is 0 Å². The first kappa shape index (κ1) is 12.2. The van der Waals surface area contributed by atoms with Crippen molar-refractivity contribution in [3.63, 3.8) is 0 Å². The first-order chi connectivity index (χ1) is 8.92. The number of oxazole rings is 1. The Morgan fingerprint density at radius 3 is 2.89 bits per heavy atom. The molecule has 18 heavy (non-hydrogen) atoms. The summed E-state index contributed by atoms with van der Waals surface area (Å²) in [6, 6.07) is 0. The summed E-state index contributed by atoms with van der Waals surface area (Å²) in [6.45, 7) is 2.40. The van der Waals surface area contributed by atoms with Gasteiger partial charge in [-0.1, -0.05) is 12.8 Å². The van der Waals surface area contributed by atoms with Gasteiger partial charge in [-0.25, -0.2) is 4.98 Å². The standard InChI is InChI=1S/C14H22N2O2/c1-17-7-6-15-8-12-14(18-9-16-12)13-10-4-2-3-5-11(10)13/h9-11,13,15H,2-8H2,1H3. The number of nitrogens with one attached hydrogen (secondary N) is 1. The van der Waals surface area contributed by atoms with Crippen LogP contribution < -0.4 is 5.32 Å². The molecule has 1 N–H and O–H groups in total. The van der Waals surface area contributed by atoms with Crippen LogP contribution in [0.15, 0.2) is 10.8 Å². The van der Waals surface area contributed by atoms with Gasteiger partial charge in [-0.3, -0.25) is 0 Å². The Morgan fingerprint density at radius 1 is 1.39 bits per heavy atom. The van der Waals surface area contributed by atoms with Crippen LogP contribution in [0.5, 0.6) is 0 Å². The quantitative estimate of drug-likeness (QED) is 0.787. The van der Waals surface area contributed by atoms with E-state index < -0.39 is 0 Å². The molecule has 100 valence electrons. The second-order valence-corrected chi connectivity index (χ2v) is 5.47. The lowest BCUT2D eigenvalue weighted by atomic mass is 10.0. The molecular weight excluding hydrogens is 228 g/mol. The Balaban J connectivity index is 1.58. The molecule has 0 aromatic carbocycles. The van der Waals surface area contributed by atoms with Crippen LogP contribution in [-0.2, 0) is 11.3 Å². The Morgan fingerprint density at radius 2 is 2.17 bits per heavy atom. The molecule has 0 radical (unpaired) electrons. The molecule has 2 saturated carbocycles. The van der Waals surface area contributed by atoms with E-state index in [-0.39, 0.29) is 0 Å². The molecule has 2 unspecified atom stereocenters. The van der Waals surface area contributed by atoms with Gasteiger partial charge >= 0.3 is 0 Å². The van der Waals surface area contributed by atoms with E-state index in [1.807, 2.05) is 0 Å². The molecule has 4 heteroatoms. The smallest absolute Gasteiger partial charge is 0.181 e. The molecule has 0 spiro atoms. The molecule has 2 atom stereocenters. The fourth-order valence-electron chi connectivity index (χ4n) is 3.44. The molecule has 0 bridgehead atoms. The summed E-state index contributed by atoms with van der Waals surface area (Å²) in [4.78, 5) is 4.36. The van der Waals surface area contributed by atoms with Crippen LogP contribution in [0.3, 0.4) is 0 Å². The summed E-state index contributed by atoms with van der Waals surface area (Å²) in [5.74, 6) is 3.57. The lowest BCUT2D eigenvalue weighted by molar-refractivity contribution is 0.199. The maximum Gasteiger partial charge on any atom is 0.181 e.